The molecule has 0 radical (unpaired) electrons. The predicted octanol–water partition coefficient (Wildman–Crippen LogP) is 4.35. The van der Waals surface area contributed by atoms with Gasteiger partial charge in [-0.1, -0.05) is 48.5 Å². The van der Waals surface area contributed by atoms with Gasteiger partial charge in [0.25, 0.3) is 10.0 Å². The Labute approximate surface area is 177 Å². The smallest absolute Gasteiger partial charge is 0.250 e. The van der Waals surface area contributed by atoms with E-state index in [2.05, 4.69) is 26.0 Å². The van der Waals surface area contributed by atoms with E-state index < -0.39 is 22.0 Å². The molecule has 1 atom stereocenters. The van der Waals surface area contributed by atoms with E-state index in [1.165, 1.54) is 6.07 Å². The summed E-state index contributed by atoms with van der Waals surface area (Å²) < 4.78 is 29.0. The summed E-state index contributed by atoms with van der Waals surface area (Å²) in [6, 6.07) is 18.9. The van der Waals surface area contributed by atoms with E-state index in [9.17, 15) is 13.2 Å². The van der Waals surface area contributed by atoms with Gasteiger partial charge in [-0.15, -0.1) is 11.3 Å². The molecule has 1 amide bonds. The first-order chi connectivity index (χ1) is 13.3. The van der Waals surface area contributed by atoms with Crippen molar-refractivity contribution in [3.8, 4) is 0 Å². The standard InChI is InChI=1S/C20H19BrN2O3S2/c1-14-7-5-6-10-16(14)22-20(24)17(13-15-8-3-2-4-9-15)23-28(25,26)19-12-11-18(21)27-19/h2-12,17,23H,13H2,1H3,(H,22,24)/t17-/m0/s1. The van der Waals surface area contributed by atoms with Crippen LogP contribution in [0.2, 0.25) is 0 Å². The van der Waals surface area contributed by atoms with Crippen molar-refractivity contribution in [2.24, 2.45) is 0 Å². The lowest BCUT2D eigenvalue weighted by Gasteiger charge is -2.19. The van der Waals surface area contributed by atoms with Crippen LogP contribution in [0.3, 0.4) is 0 Å². The van der Waals surface area contributed by atoms with Gasteiger partial charge in [0.2, 0.25) is 5.91 Å². The average molecular weight is 479 g/mol. The molecule has 146 valence electrons. The lowest BCUT2D eigenvalue weighted by molar-refractivity contribution is -0.117. The number of para-hydroxylation sites is 1. The third kappa shape index (κ3) is 5.29. The number of nitrogens with one attached hydrogen (secondary N) is 2. The molecular formula is C20H19BrN2O3S2. The van der Waals surface area contributed by atoms with Crippen LogP contribution in [-0.4, -0.2) is 20.4 Å². The van der Waals surface area contributed by atoms with Crippen molar-refractivity contribution < 1.29 is 13.2 Å². The zero-order chi connectivity index (χ0) is 20.1. The summed E-state index contributed by atoms with van der Waals surface area (Å²) in [6.45, 7) is 1.88. The Balaban J connectivity index is 1.86. The highest BCUT2D eigenvalue weighted by Crippen LogP contribution is 2.26. The van der Waals surface area contributed by atoms with Gasteiger partial charge in [0, 0.05) is 5.69 Å². The zero-order valence-electron chi connectivity index (χ0n) is 15.1. The minimum Gasteiger partial charge on any atom is -0.324 e. The quantitative estimate of drug-likeness (QED) is 0.529. The summed E-state index contributed by atoms with van der Waals surface area (Å²) in [6.07, 6.45) is 0.240. The number of anilines is 1. The second-order valence-electron chi connectivity index (χ2n) is 6.23. The minimum absolute atomic E-state index is 0.154. The minimum atomic E-state index is -3.83. The molecular weight excluding hydrogens is 460 g/mol. The van der Waals surface area contributed by atoms with Gasteiger partial charge in [-0.25, -0.2) is 8.42 Å². The Morgan fingerprint density at radius 3 is 2.36 bits per heavy atom. The molecule has 0 aliphatic rings. The van der Waals surface area contributed by atoms with E-state index in [1.54, 1.807) is 12.1 Å². The highest BCUT2D eigenvalue weighted by molar-refractivity contribution is 9.11. The molecule has 0 fully saturated rings. The van der Waals surface area contributed by atoms with E-state index in [0.29, 0.717) is 9.47 Å². The number of carbonyl (C=O) groups excluding carboxylic acids is 1. The maximum Gasteiger partial charge on any atom is 0.250 e. The van der Waals surface area contributed by atoms with Crippen molar-refractivity contribution in [2.75, 3.05) is 5.32 Å². The number of sulfonamides is 1. The molecule has 0 unspecified atom stereocenters. The van der Waals surface area contributed by atoms with E-state index in [0.717, 1.165) is 22.5 Å². The van der Waals surface area contributed by atoms with Crippen molar-refractivity contribution in [2.45, 2.75) is 23.6 Å². The Kier molecular flexibility index (Phi) is 6.66. The van der Waals surface area contributed by atoms with Crippen LogP contribution in [0, 0.1) is 6.92 Å². The Morgan fingerprint density at radius 2 is 1.71 bits per heavy atom. The molecule has 8 heteroatoms. The molecule has 0 aliphatic heterocycles. The third-order valence-corrected chi connectivity index (χ3v) is 7.70. The fourth-order valence-corrected chi connectivity index (χ4v) is 5.88. The van der Waals surface area contributed by atoms with Gasteiger partial charge in [-0.2, -0.15) is 4.72 Å². The fraction of sp³-hybridized carbons (Fsp3) is 0.150. The van der Waals surface area contributed by atoms with Crippen molar-refractivity contribution in [3.63, 3.8) is 0 Å². The lowest BCUT2D eigenvalue weighted by Crippen LogP contribution is -2.45. The van der Waals surface area contributed by atoms with E-state index >= 15 is 0 Å². The Morgan fingerprint density at radius 1 is 1.04 bits per heavy atom. The van der Waals surface area contributed by atoms with Crippen molar-refractivity contribution in [1.82, 2.24) is 4.72 Å². The van der Waals surface area contributed by atoms with Crippen LogP contribution in [0.1, 0.15) is 11.1 Å². The first-order valence-corrected chi connectivity index (χ1v) is 11.6. The summed E-state index contributed by atoms with van der Waals surface area (Å²) in [7, 11) is -3.83. The van der Waals surface area contributed by atoms with E-state index in [1.807, 2.05) is 55.5 Å². The van der Waals surface area contributed by atoms with Gasteiger partial charge < -0.3 is 5.32 Å². The molecule has 2 aromatic carbocycles. The summed E-state index contributed by atoms with van der Waals surface area (Å²) in [5.74, 6) is -0.405. The third-order valence-electron chi connectivity index (χ3n) is 4.11. The molecule has 3 rings (SSSR count). The monoisotopic (exact) mass is 478 g/mol. The maximum atomic E-state index is 12.9. The number of benzene rings is 2. The van der Waals surface area contributed by atoms with Gasteiger partial charge in [0.05, 0.1) is 3.79 Å². The number of rotatable bonds is 7. The summed E-state index contributed by atoms with van der Waals surface area (Å²) in [5, 5.41) is 2.84. The van der Waals surface area contributed by atoms with Crippen LogP contribution >= 0.6 is 27.3 Å². The predicted molar refractivity (Wildman–Crippen MR) is 116 cm³/mol. The van der Waals surface area contributed by atoms with E-state index in [4.69, 9.17) is 0 Å². The lowest BCUT2D eigenvalue weighted by atomic mass is 10.1. The highest BCUT2D eigenvalue weighted by atomic mass is 79.9. The first-order valence-electron chi connectivity index (χ1n) is 8.53. The summed E-state index contributed by atoms with van der Waals surface area (Å²) in [4.78, 5) is 12.9. The normalized spacial score (nSPS) is 12.5. The van der Waals surface area contributed by atoms with Gasteiger partial charge in [-0.05, 0) is 58.6 Å². The molecule has 3 aromatic rings. The molecule has 1 heterocycles. The molecule has 2 N–H and O–H groups in total. The number of carbonyl (C=O) groups is 1. The van der Waals surface area contributed by atoms with Crippen LogP contribution in [0.15, 0.2) is 74.7 Å². The molecule has 0 spiro atoms. The van der Waals surface area contributed by atoms with E-state index in [-0.39, 0.29) is 10.6 Å². The number of amides is 1. The number of thiophene rings is 1. The van der Waals surface area contributed by atoms with Crippen molar-refractivity contribution in [3.05, 3.63) is 81.6 Å². The van der Waals surface area contributed by atoms with Gasteiger partial charge in [0.15, 0.2) is 0 Å². The molecule has 5 nitrogen and oxygen atoms in total. The second kappa shape index (κ2) is 9.00. The number of halogens is 1. The molecule has 0 bridgehead atoms. The van der Waals surface area contributed by atoms with Crippen molar-refractivity contribution >= 4 is 48.9 Å². The van der Waals surface area contributed by atoms with Gasteiger partial charge in [0.1, 0.15) is 10.3 Å². The summed E-state index contributed by atoms with van der Waals surface area (Å²) in [5.41, 5.74) is 2.42. The highest BCUT2D eigenvalue weighted by Gasteiger charge is 2.27. The molecule has 0 saturated carbocycles. The average Bonchev–Trinajstić information content (AvgIpc) is 3.11. The topological polar surface area (TPSA) is 75.3 Å². The second-order valence-corrected chi connectivity index (χ2v) is 10.6. The first kappa shape index (κ1) is 20.7. The number of hydrogen-bond acceptors (Lipinski definition) is 4. The SMILES string of the molecule is Cc1ccccc1NC(=O)[C@H](Cc1ccccc1)NS(=O)(=O)c1ccc(Br)s1. The number of hydrogen-bond donors (Lipinski definition) is 2. The van der Waals surface area contributed by atoms with Crippen LogP contribution < -0.4 is 10.0 Å². The molecule has 28 heavy (non-hydrogen) atoms. The molecule has 1 aromatic heterocycles. The van der Waals surface area contributed by atoms with Crippen LogP contribution in [0.4, 0.5) is 5.69 Å². The number of aryl methyl sites for hydroxylation is 1. The van der Waals surface area contributed by atoms with Crippen molar-refractivity contribution in [1.29, 1.82) is 0 Å². The van der Waals surface area contributed by atoms with Gasteiger partial charge >= 0.3 is 0 Å². The van der Waals surface area contributed by atoms with Crippen LogP contribution in [-0.2, 0) is 21.2 Å². The Bertz CT molecular complexity index is 1070. The largest absolute Gasteiger partial charge is 0.324 e. The summed E-state index contributed by atoms with van der Waals surface area (Å²) >= 11 is 4.37. The zero-order valence-corrected chi connectivity index (χ0v) is 18.3. The maximum absolute atomic E-state index is 12.9. The van der Waals surface area contributed by atoms with Gasteiger partial charge in [-0.3, -0.25) is 4.79 Å². The molecule has 0 saturated heterocycles. The molecule has 0 aliphatic carbocycles. The van der Waals surface area contributed by atoms with Crippen LogP contribution in [0.5, 0.6) is 0 Å². The Hall–Kier alpha value is -2.00. The fourth-order valence-electron chi connectivity index (χ4n) is 2.66. The van der Waals surface area contributed by atoms with Crippen LogP contribution in [0.25, 0.3) is 0 Å².